The zero-order valence-electron chi connectivity index (χ0n) is 9.16. The molecule has 2 aromatic rings. The summed E-state index contributed by atoms with van der Waals surface area (Å²) in [4.78, 5) is 0. The van der Waals surface area contributed by atoms with Gasteiger partial charge in [0.1, 0.15) is 10.8 Å². The van der Waals surface area contributed by atoms with Gasteiger partial charge in [-0.2, -0.15) is 0 Å². The zero-order chi connectivity index (χ0) is 13.1. The highest BCUT2D eigenvalue weighted by Gasteiger charge is 2.13. The van der Waals surface area contributed by atoms with E-state index in [1.54, 1.807) is 24.3 Å². The second-order valence-corrected chi connectivity index (χ2v) is 4.33. The highest BCUT2D eigenvalue weighted by atomic mass is 35.5. The molecule has 0 aromatic heterocycles. The van der Waals surface area contributed by atoms with Gasteiger partial charge in [0, 0.05) is 5.56 Å². The Morgan fingerprint density at radius 3 is 2.56 bits per heavy atom. The summed E-state index contributed by atoms with van der Waals surface area (Å²) < 4.78 is 19.0. The van der Waals surface area contributed by atoms with Crippen LogP contribution in [0.4, 0.5) is 4.39 Å². The van der Waals surface area contributed by atoms with Crippen molar-refractivity contribution in [3.63, 3.8) is 0 Å². The number of hydrogen-bond donors (Lipinski definition) is 1. The molecule has 0 unspecified atom stereocenters. The number of aliphatic hydroxyl groups excluding tert-OH is 1. The van der Waals surface area contributed by atoms with Crippen LogP contribution in [0.5, 0.6) is 11.5 Å². The largest absolute Gasteiger partial charge is 0.452 e. The van der Waals surface area contributed by atoms with E-state index in [9.17, 15) is 4.39 Å². The maximum absolute atomic E-state index is 13.6. The third-order valence-corrected chi connectivity index (χ3v) is 3.15. The van der Waals surface area contributed by atoms with Gasteiger partial charge < -0.3 is 9.84 Å². The van der Waals surface area contributed by atoms with Crippen LogP contribution in [0, 0.1) is 5.82 Å². The van der Waals surface area contributed by atoms with E-state index in [2.05, 4.69) is 0 Å². The first-order valence-corrected chi connectivity index (χ1v) is 5.89. The molecule has 1 N–H and O–H groups in total. The molecule has 2 aromatic carbocycles. The number of benzene rings is 2. The number of halogens is 3. The van der Waals surface area contributed by atoms with Gasteiger partial charge in [-0.1, -0.05) is 41.4 Å². The lowest BCUT2D eigenvalue weighted by Gasteiger charge is -2.12. The lowest BCUT2D eigenvalue weighted by atomic mass is 10.2. The lowest BCUT2D eigenvalue weighted by Crippen LogP contribution is -1.95. The van der Waals surface area contributed by atoms with E-state index in [1.165, 1.54) is 12.1 Å². The standard InChI is InChI=1S/C13H9Cl2FO2/c14-9-4-2-6-11(12(9)15)18-13-8(7-17)3-1-5-10(13)16/h1-6,17H,7H2. The minimum Gasteiger partial charge on any atom is -0.452 e. The van der Waals surface area contributed by atoms with Gasteiger partial charge in [-0.05, 0) is 18.2 Å². The molecule has 0 radical (unpaired) electrons. The Hall–Kier alpha value is -1.29. The minimum atomic E-state index is -0.572. The molecule has 18 heavy (non-hydrogen) atoms. The van der Waals surface area contributed by atoms with Gasteiger partial charge in [0.25, 0.3) is 0 Å². The van der Waals surface area contributed by atoms with E-state index < -0.39 is 5.82 Å². The molecule has 0 amide bonds. The van der Waals surface area contributed by atoms with Crippen LogP contribution in [0.15, 0.2) is 36.4 Å². The third kappa shape index (κ3) is 2.58. The van der Waals surface area contributed by atoms with Crippen molar-refractivity contribution in [2.24, 2.45) is 0 Å². The molecule has 0 aliphatic carbocycles. The summed E-state index contributed by atoms with van der Waals surface area (Å²) in [6.45, 7) is -0.328. The number of hydrogen-bond acceptors (Lipinski definition) is 2. The van der Waals surface area contributed by atoms with Crippen LogP contribution >= 0.6 is 23.2 Å². The first-order valence-electron chi connectivity index (χ1n) is 5.13. The van der Waals surface area contributed by atoms with Crippen molar-refractivity contribution in [3.8, 4) is 11.5 Å². The minimum absolute atomic E-state index is 0.0517. The quantitative estimate of drug-likeness (QED) is 0.905. The molecule has 5 heteroatoms. The predicted octanol–water partition coefficient (Wildman–Crippen LogP) is 4.42. The summed E-state index contributed by atoms with van der Waals surface area (Å²) in [5.41, 5.74) is 0.339. The number of rotatable bonds is 3. The Bertz CT molecular complexity index is 573. The van der Waals surface area contributed by atoms with Crippen LogP contribution in [0.3, 0.4) is 0 Å². The van der Waals surface area contributed by atoms with Gasteiger partial charge in [-0.15, -0.1) is 0 Å². The Balaban J connectivity index is 2.43. The van der Waals surface area contributed by atoms with E-state index in [0.29, 0.717) is 10.6 Å². The van der Waals surface area contributed by atoms with E-state index in [-0.39, 0.29) is 23.1 Å². The van der Waals surface area contributed by atoms with E-state index in [1.807, 2.05) is 0 Å². The molecule has 2 nitrogen and oxygen atoms in total. The predicted molar refractivity (Wildman–Crippen MR) is 68.9 cm³/mol. The van der Waals surface area contributed by atoms with E-state index in [4.69, 9.17) is 33.0 Å². The zero-order valence-corrected chi connectivity index (χ0v) is 10.7. The monoisotopic (exact) mass is 286 g/mol. The first kappa shape index (κ1) is 13.1. The fraction of sp³-hybridized carbons (Fsp3) is 0.0769. The summed E-state index contributed by atoms with van der Waals surface area (Å²) in [6, 6.07) is 9.12. The molecule has 0 atom stereocenters. The van der Waals surface area contributed by atoms with Crippen molar-refractivity contribution in [3.05, 3.63) is 57.8 Å². The Labute approximate surface area is 114 Å². The number of para-hydroxylation sites is 1. The molecule has 94 valence electrons. The Kier molecular flexibility index (Phi) is 4.07. The molecular formula is C13H9Cl2FO2. The second kappa shape index (κ2) is 5.57. The summed E-state index contributed by atoms with van der Waals surface area (Å²) in [7, 11) is 0. The van der Waals surface area contributed by atoms with Gasteiger partial charge >= 0.3 is 0 Å². The third-order valence-electron chi connectivity index (χ3n) is 2.35. The average Bonchev–Trinajstić information content (AvgIpc) is 2.37. The van der Waals surface area contributed by atoms with Gasteiger partial charge in [0.15, 0.2) is 11.6 Å². The Morgan fingerprint density at radius 2 is 1.83 bits per heavy atom. The van der Waals surface area contributed by atoms with Crippen LogP contribution in [0.25, 0.3) is 0 Å². The van der Waals surface area contributed by atoms with Gasteiger partial charge in [0.2, 0.25) is 0 Å². The topological polar surface area (TPSA) is 29.5 Å². The molecule has 0 heterocycles. The SMILES string of the molecule is OCc1cccc(F)c1Oc1cccc(Cl)c1Cl. The van der Waals surface area contributed by atoms with Crippen LogP contribution in [0.2, 0.25) is 10.0 Å². The van der Waals surface area contributed by atoms with Gasteiger partial charge in [-0.25, -0.2) is 4.39 Å². The molecule has 0 saturated heterocycles. The van der Waals surface area contributed by atoms with Gasteiger partial charge in [-0.3, -0.25) is 0 Å². The normalized spacial score (nSPS) is 10.4. The molecule has 0 spiro atoms. The molecular weight excluding hydrogens is 278 g/mol. The summed E-state index contributed by atoms with van der Waals surface area (Å²) >= 11 is 11.8. The van der Waals surface area contributed by atoms with Crippen LogP contribution in [0.1, 0.15) is 5.56 Å². The second-order valence-electron chi connectivity index (χ2n) is 3.54. The maximum Gasteiger partial charge on any atom is 0.168 e. The highest BCUT2D eigenvalue weighted by Crippen LogP contribution is 2.36. The Morgan fingerprint density at radius 1 is 1.11 bits per heavy atom. The number of aliphatic hydroxyl groups is 1. The summed E-state index contributed by atoms with van der Waals surface area (Å²) in [5, 5.41) is 9.66. The van der Waals surface area contributed by atoms with Crippen molar-refractivity contribution < 1.29 is 14.2 Å². The fourth-order valence-electron chi connectivity index (χ4n) is 1.47. The smallest absolute Gasteiger partial charge is 0.168 e. The molecule has 0 saturated carbocycles. The first-order chi connectivity index (χ1) is 8.63. The van der Waals surface area contributed by atoms with Crippen LogP contribution < -0.4 is 4.74 Å². The molecule has 0 aliphatic heterocycles. The van der Waals surface area contributed by atoms with Crippen molar-refractivity contribution >= 4 is 23.2 Å². The molecule has 2 rings (SSSR count). The fourth-order valence-corrected chi connectivity index (χ4v) is 1.80. The van der Waals surface area contributed by atoms with Gasteiger partial charge in [0.05, 0.1) is 11.6 Å². The highest BCUT2D eigenvalue weighted by molar-refractivity contribution is 6.42. The summed E-state index contributed by atoms with van der Waals surface area (Å²) in [6.07, 6.45) is 0. The molecule has 0 fully saturated rings. The van der Waals surface area contributed by atoms with E-state index in [0.717, 1.165) is 0 Å². The number of ether oxygens (including phenoxy) is 1. The molecule has 0 bridgehead atoms. The molecule has 0 aliphatic rings. The summed E-state index contributed by atoms with van der Waals surface area (Å²) in [5.74, 6) is -0.384. The average molecular weight is 287 g/mol. The van der Waals surface area contributed by atoms with E-state index >= 15 is 0 Å². The lowest BCUT2D eigenvalue weighted by molar-refractivity contribution is 0.274. The van der Waals surface area contributed by atoms with Crippen molar-refractivity contribution in [1.29, 1.82) is 0 Å². The maximum atomic E-state index is 13.6. The van der Waals surface area contributed by atoms with Crippen molar-refractivity contribution in [1.82, 2.24) is 0 Å². The van der Waals surface area contributed by atoms with Crippen molar-refractivity contribution in [2.75, 3.05) is 0 Å². The van der Waals surface area contributed by atoms with Crippen LogP contribution in [-0.2, 0) is 6.61 Å². The van der Waals surface area contributed by atoms with Crippen molar-refractivity contribution in [2.45, 2.75) is 6.61 Å². The van der Waals surface area contributed by atoms with Crippen LogP contribution in [-0.4, -0.2) is 5.11 Å².